The van der Waals surface area contributed by atoms with Crippen LogP contribution in [0.5, 0.6) is 5.75 Å². The third kappa shape index (κ3) is 3.75. The summed E-state index contributed by atoms with van der Waals surface area (Å²) >= 11 is 1.28. The van der Waals surface area contributed by atoms with Gasteiger partial charge in [0, 0.05) is 61.0 Å². The molecule has 1 saturated heterocycles. The number of nitrogen functional groups attached to an aromatic ring is 1. The molecule has 0 bridgehead atoms. The van der Waals surface area contributed by atoms with Gasteiger partial charge < -0.3 is 26.0 Å². The topological polar surface area (TPSA) is 92.5 Å². The van der Waals surface area contributed by atoms with E-state index in [0.717, 1.165) is 53.3 Å². The van der Waals surface area contributed by atoms with E-state index in [1.165, 1.54) is 11.3 Å². The molecule has 0 spiro atoms. The number of carbonyl (C=O) groups excluding carboxylic acids is 1. The van der Waals surface area contributed by atoms with Gasteiger partial charge in [-0.15, -0.1) is 11.3 Å². The lowest BCUT2D eigenvalue weighted by Gasteiger charge is -2.32. The van der Waals surface area contributed by atoms with Gasteiger partial charge in [-0.05, 0) is 31.5 Å². The molecule has 168 valence electrons. The molecule has 4 N–H and O–H groups in total. The summed E-state index contributed by atoms with van der Waals surface area (Å²) in [5.74, 6) is -0.0233. The molecule has 5 rings (SSSR count). The fraction of sp³-hybridized carbons (Fsp3) is 0.391. The number of thiophene rings is 1. The standard InChI is InChI=1S/C23H26FN5O2S/c1-12-7-13(2)27-23-19(12)20(25)21(32-23)22(30)28-14-8-16-17(24)9-15(10-18(16)31-11-14)29-5-3-26-4-6-29/h7,9-10,14,26H,3-6,8,11,25H2,1-2H3,(H,28,30)/t14-/m1/s1. The van der Waals surface area contributed by atoms with Gasteiger partial charge in [0.05, 0.1) is 11.7 Å². The Kier molecular flexibility index (Phi) is 5.38. The van der Waals surface area contributed by atoms with E-state index in [4.69, 9.17) is 10.5 Å². The Balaban J connectivity index is 1.34. The summed E-state index contributed by atoms with van der Waals surface area (Å²) in [4.78, 5) is 20.8. The van der Waals surface area contributed by atoms with Crippen molar-refractivity contribution in [2.75, 3.05) is 43.4 Å². The van der Waals surface area contributed by atoms with Crippen LogP contribution in [0, 0.1) is 19.7 Å². The fourth-order valence-corrected chi connectivity index (χ4v) is 5.63. The zero-order chi connectivity index (χ0) is 22.4. The third-order valence-electron chi connectivity index (χ3n) is 6.08. The van der Waals surface area contributed by atoms with Crippen LogP contribution >= 0.6 is 11.3 Å². The van der Waals surface area contributed by atoms with Gasteiger partial charge in [-0.1, -0.05) is 0 Å². The fourth-order valence-electron chi connectivity index (χ4n) is 4.51. The van der Waals surface area contributed by atoms with Crippen LogP contribution in [0.4, 0.5) is 15.8 Å². The second-order valence-electron chi connectivity index (χ2n) is 8.43. The van der Waals surface area contributed by atoms with Crippen LogP contribution in [-0.2, 0) is 6.42 Å². The Morgan fingerprint density at radius 3 is 2.88 bits per heavy atom. The van der Waals surface area contributed by atoms with E-state index >= 15 is 0 Å². The van der Waals surface area contributed by atoms with Crippen LogP contribution in [0.3, 0.4) is 0 Å². The van der Waals surface area contributed by atoms with Crippen LogP contribution in [-0.4, -0.2) is 49.7 Å². The predicted molar refractivity (Wildman–Crippen MR) is 125 cm³/mol. The number of aryl methyl sites for hydroxylation is 2. The van der Waals surface area contributed by atoms with Crippen LogP contribution < -0.4 is 26.0 Å². The molecule has 1 aromatic carbocycles. The van der Waals surface area contributed by atoms with Crippen molar-refractivity contribution in [1.29, 1.82) is 0 Å². The Bertz CT molecular complexity index is 1210. The number of rotatable bonds is 3. The molecule has 2 aliphatic heterocycles. The van der Waals surface area contributed by atoms with E-state index < -0.39 is 0 Å². The average Bonchev–Trinajstić information content (AvgIpc) is 3.11. The number of carbonyl (C=O) groups is 1. The molecule has 0 radical (unpaired) electrons. The molecule has 2 aliphatic rings. The van der Waals surface area contributed by atoms with Crippen molar-refractivity contribution in [3.8, 4) is 5.75 Å². The maximum atomic E-state index is 14.9. The van der Waals surface area contributed by atoms with Gasteiger partial charge >= 0.3 is 0 Å². The van der Waals surface area contributed by atoms with E-state index in [2.05, 4.69) is 20.5 Å². The molecular weight excluding hydrogens is 429 g/mol. The van der Waals surface area contributed by atoms with Gasteiger partial charge in [0.25, 0.3) is 5.91 Å². The number of nitrogens with one attached hydrogen (secondary N) is 2. The van der Waals surface area contributed by atoms with Gasteiger partial charge in [0.1, 0.15) is 27.9 Å². The minimum Gasteiger partial charge on any atom is -0.491 e. The molecule has 1 fully saturated rings. The molecule has 4 heterocycles. The van der Waals surface area contributed by atoms with E-state index in [1.54, 1.807) is 6.07 Å². The van der Waals surface area contributed by atoms with E-state index in [9.17, 15) is 9.18 Å². The summed E-state index contributed by atoms with van der Waals surface area (Å²) in [6.45, 7) is 7.59. The number of nitrogens with zero attached hydrogens (tertiary/aromatic N) is 2. The lowest BCUT2D eigenvalue weighted by Crippen LogP contribution is -2.44. The number of hydrogen-bond acceptors (Lipinski definition) is 7. The van der Waals surface area contributed by atoms with Gasteiger partial charge in [-0.25, -0.2) is 9.37 Å². The van der Waals surface area contributed by atoms with Crippen molar-refractivity contribution < 1.29 is 13.9 Å². The van der Waals surface area contributed by atoms with Crippen molar-refractivity contribution in [3.63, 3.8) is 0 Å². The summed E-state index contributed by atoms with van der Waals surface area (Å²) in [7, 11) is 0. The number of amides is 1. The molecule has 0 saturated carbocycles. The molecule has 1 atom stereocenters. The highest BCUT2D eigenvalue weighted by atomic mass is 32.1. The molecule has 2 aromatic heterocycles. The Morgan fingerprint density at radius 2 is 2.09 bits per heavy atom. The highest BCUT2D eigenvalue weighted by molar-refractivity contribution is 7.21. The summed E-state index contributed by atoms with van der Waals surface area (Å²) in [5, 5.41) is 7.09. The van der Waals surface area contributed by atoms with Gasteiger partial charge in [0.15, 0.2) is 0 Å². The summed E-state index contributed by atoms with van der Waals surface area (Å²) in [6.07, 6.45) is 0.371. The number of hydrogen-bond donors (Lipinski definition) is 3. The second-order valence-corrected chi connectivity index (χ2v) is 9.43. The highest BCUT2D eigenvalue weighted by Crippen LogP contribution is 2.36. The van der Waals surface area contributed by atoms with Crippen LogP contribution in [0.1, 0.15) is 26.5 Å². The number of pyridine rings is 1. The maximum absolute atomic E-state index is 14.9. The molecule has 7 nitrogen and oxygen atoms in total. The van der Waals surface area contributed by atoms with E-state index in [-0.39, 0.29) is 24.4 Å². The van der Waals surface area contributed by atoms with Crippen molar-refractivity contribution in [1.82, 2.24) is 15.6 Å². The van der Waals surface area contributed by atoms with Crippen molar-refractivity contribution in [2.45, 2.75) is 26.3 Å². The lowest BCUT2D eigenvalue weighted by atomic mass is 10.0. The molecular formula is C23H26FN5O2S. The second kappa shape index (κ2) is 8.22. The van der Waals surface area contributed by atoms with E-state index in [1.807, 2.05) is 26.0 Å². The zero-order valence-corrected chi connectivity index (χ0v) is 18.9. The number of benzene rings is 1. The third-order valence-corrected chi connectivity index (χ3v) is 7.18. The summed E-state index contributed by atoms with van der Waals surface area (Å²) in [5.41, 5.74) is 9.95. The Morgan fingerprint density at radius 1 is 1.31 bits per heavy atom. The quantitative estimate of drug-likeness (QED) is 0.563. The first-order valence-electron chi connectivity index (χ1n) is 10.8. The number of anilines is 2. The van der Waals surface area contributed by atoms with Crippen LogP contribution in [0.25, 0.3) is 10.2 Å². The smallest absolute Gasteiger partial charge is 0.263 e. The van der Waals surface area contributed by atoms with Crippen molar-refractivity contribution >= 4 is 38.8 Å². The minimum absolute atomic E-state index is 0.280. The first kappa shape index (κ1) is 21.0. The first-order valence-corrected chi connectivity index (χ1v) is 11.6. The molecule has 0 unspecified atom stereocenters. The summed E-state index contributed by atoms with van der Waals surface area (Å²) < 4.78 is 20.8. The molecule has 32 heavy (non-hydrogen) atoms. The minimum atomic E-state index is -0.338. The number of fused-ring (bicyclic) bond motifs is 2. The number of aromatic nitrogens is 1. The molecule has 3 aromatic rings. The van der Waals surface area contributed by atoms with Crippen LogP contribution in [0.15, 0.2) is 18.2 Å². The predicted octanol–water partition coefficient (Wildman–Crippen LogP) is 2.78. The normalized spacial score (nSPS) is 18.3. The van der Waals surface area contributed by atoms with Gasteiger partial charge in [-0.2, -0.15) is 0 Å². The monoisotopic (exact) mass is 455 g/mol. The lowest BCUT2D eigenvalue weighted by molar-refractivity contribution is 0.0919. The zero-order valence-electron chi connectivity index (χ0n) is 18.1. The van der Waals surface area contributed by atoms with E-state index in [0.29, 0.717) is 28.3 Å². The number of piperazine rings is 1. The number of nitrogens with two attached hydrogens (primary N) is 1. The SMILES string of the molecule is Cc1cc(C)c2c(N)c(C(=O)N[C@H]3COc4cc(N5CCNCC5)cc(F)c4C3)sc2n1. The van der Waals surface area contributed by atoms with Gasteiger partial charge in [-0.3, -0.25) is 4.79 Å². The highest BCUT2D eigenvalue weighted by Gasteiger charge is 2.28. The Labute approximate surface area is 189 Å². The molecule has 9 heteroatoms. The summed E-state index contributed by atoms with van der Waals surface area (Å²) in [6, 6.07) is 5.09. The van der Waals surface area contributed by atoms with Crippen molar-refractivity contribution in [2.24, 2.45) is 0 Å². The number of ether oxygens (including phenoxy) is 1. The number of halogens is 1. The first-order chi connectivity index (χ1) is 15.4. The molecule has 0 aliphatic carbocycles. The van der Waals surface area contributed by atoms with Crippen molar-refractivity contribution in [3.05, 3.63) is 45.7 Å². The van der Waals surface area contributed by atoms with Crippen LogP contribution in [0.2, 0.25) is 0 Å². The van der Waals surface area contributed by atoms with Gasteiger partial charge in [0.2, 0.25) is 0 Å². The maximum Gasteiger partial charge on any atom is 0.263 e. The Hall–Kier alpha value is -2.91. The molecule has 1 amide bonds. The largest absolute Gasteiger partial charge is 0.491 e. The average molecular weight is 456 g/mol.